The van der Waals surface area contributed by atoms with Crippen LogP contribution in [0.1, 0.15) is 17.2 Å². The molecule has 3 nitrogen and oxygen atoms in total. The first kappa shape index (κ1) is 11.2. The molecule has 3 heteroatoms. The molecule has 0 aromatic heterocycles. The lowest BCUT2D eigenvalue weighted by Crippen LogP contribution is -2.09. The third-order valence-electron chi connectivity index (χ3n) is 2.16. The van der Waals surface area contributed by atoms with Crippen LogP contribution in [-0.4, -0.2) is 20.8 Å². The van der Waals surface area contributed by atoms with Crippen molar-refractivity contribution >= 4 is 0 Å². The van der Waals surface area contributed by atoms with E-state index in [1.807, 2.05) is 24.3 Å². The summed E-state index contributed by atoms with van der Waals surface area (Å²) in [4.78, 5) is 0. The van der Waals surface area contributed by atoms with Gasteiger partial charge in [0.1, 0.15) is 6.10 Å². The van der Waals surface area contributed by atoms with Gasteiger partial charge in [0.05, 0.1) is 6.61 Å². The SMILES string of the molecule is COCC(OC)c1cccc(CN)c1. The van der Waals surface area contributed by atoms with Crippen LogP contribution in [0.4, 0.5) is 0 Å². The van der Waals surface area contributed by atoms with Crippen LogP contribution in [0.2, 0.25) is 0 Å². The fourth-order valence-corrected chi connectivity index (χ4v) is 1.37. The van der Waals surface area contributed by atoms with E-state index in [2.05, 4.69) is 0 Å². The van der Waals surface area contributed by atoms with Gasteiger partial charge in [-0.15, -0.1) is 0 Å². The summed E-state index contributed by atoms with van der Waals surface area (Å²) in [5.74, 6) is 0. The average molecular weight is 195 g/mol. The van der Waals surface area contributed by atoms with Gasteiger partial charge >= 0.3 is 0 Å². The number of rotatable bonds is 5. The zero-order chi connectivity index (χ0) is 10.4. The maximum Gasteiger partial charge on any atom is 0.105 e. The Balaban J connectivity index is 2.80. The normalized spacial score (nSPS) is 12.8. The summed E-state index contributed by atoms with van der Waals surface area (Å²) in [6.45, 7) is 1.11. The lowest BCUT2D eigenvalue weighted by molar-refractivity contribution is 0.0274. The van der Waals surface area contributed by atoms with Gasteiger partial charge in [0.2, 0.25) is 0 Å². The Kier molecular flexibility index (Phi) is 4.59. The van der Waals surface area contributed by atoms with Crippen molar-refractivity contribution in [1.29, 1.82) is 0 Å². The van der Waals surface area contributed by atoms with Gasteiger partial charge in [-0.1, -0.05) is 24.3 Å². The van der Waals surface area contributed by atoms with Crippen molar-refractivity contribution in [2.45, 2.75) is 12.6 Å². The summed E-state index contributed by atoms with van der Waals surface area (Å²) < 4.78 is 10.4. The lowest BCUT2D eigenvalue weighted by atomic mass is 10.1. The number of benzene rings is 1. The van der Waals surface area contributed by atoms with Crippen LogP contribution in [0.3, 0.4) is 0 Å². The van der Waals surface area contributed by atoms with Gasteiger partial charge in [0, 0.05) is 20.8 Å². The molecule has 0 heterocycles. The molecule has 1 aromatic carbocycles. The molecule has 1 unspecified atom stereocenters. The highest BCUT2D eigenvalue weighted by Crippen LogP contribution is 2.17. The van der Waals surface area contributed by atoms with Crippen molar-refractivity contribution < 1.29 is 9.47 Å². The molecule has 1 atom stereocenters. The molecule has 0 saturated heterocycles. The molecule has 0 aliphatic rings. The van der Waals surface area contributed by atoms with Gasteiger partial charge in [-0.25, -0.2) is 0 Å². The van der Waals surface area contributed by atoms with E-state index in [9.17, 15) is 0 Å². The smallest absolute Gasteiger partial charge is 0.105 e. The maximum atomic E-state index is 5.56. The molecule has 2 N–H and O–H groups in total. The second-order valence-corrected chi connectivity index (χ2v) is 3.13. The summed E-state index contributed by atoms with van der Waals surface area (Å²) in [6, 6.07) is 8.06. The summed E-state index contributed by atoms with van der Waals surface area (Å²) in [5.41, 5.74) is 7.78. The fraction of sp³-hybridized carbons (Fsp3) is 0.455. The minimum absolute atomic E-state index is 0.00787. The number of ether oxygens (including phenoxy) is 2. The highest BCUT2D eigenvalue weighted by Gasteiger charge is 2.09. The van der Waals surface area contributed by atoms with Gasteiger partial charge < -0.3 is 15.2 Å². The number of methoxy groups -OCH3 is 2. The molecule has 1 aromatic rings. The number of nitrogens with two attached hydrogens (primary N) is 1. The Morgan fingerprint density at radius 2 is 2.14 bits per heavy atom. The minimum Gasteiger partial charge on any atom is -0.382 e. The molecule has 78 valence electrons. The first-order valence-corrected chi connectivity index (χ1v) is 4.62. The van der Waals surface area contributed by atoms with Gasteiger partial charge in [-0.3, -0.25) is 0 Å². The second-order valence-electron chi connectivity index (χ2n) is 3.13. The van der Waals surface area contributed by atoms with E-state index in [1.165, 1.54) is 0 Å². The van der Waals surface area contributed by atoms with Crippen molar-refractivity contribution in [2.75, 3.05) is 20.8 Å². The molecule has 1 rings (SSSR count). The van der Waals surface area contributed by atoms with Gasteiger partial charge in [0.25, 0.3) is 0 Å². The average Bonchev–Trinajstić information content (AvgIpc) is 2.26. The van der Waals surface area contributed by atoms with E-state index < -0.39 is 0 Å². The molecule has 0 aliphatic carbocycles. The molecule has 0 aliphatic heterocycles. The topological polar surface area (TPSA) is 44.5 Å². The molecule has 0 bridgehead atoms. The molecule has 0 amide bonds. The van der Waals surface area contributed by atoms with Crippen LogP contribution in [0.25, 0.3) is 0 Å². The summed E-state index contributed by atoms with van der Waals surface area (Å²) >= 11 is 0. The van der Waals surface area contributed by atoms with Crippen molar-refractivity contribution in [3.63, 3.8) is 0 Å². The van der Waals surface area contributed by atoms with Gasteiger partial charge in [-0.05, 0) is 11.1 Å². The van der Waals surface area contributed by atoms with Crippen molar-refractivity contribution in [1.82, 2.24) is 0 Å². The zero-order valence-electron chi connectivity index (χ0n) is 8.69. The highest BCUT2D eigenvalue weighted by molar-refractivity contribution is 5.25. The van der Waals surface area contributed by atoms with Crippen LogP contribution in [0.5, 0.6) is 0 Å². The zero-order valence-corrected chi connectivity index (χ0v) is 8.69. The molecule has 0 saturated carbocycles. The Hall–Kier alpha value is -0.900. The third-order valence-corrected chi connectivity index (χ3v) is 2.16. The van der Waals surface area contributed by atoms with E-state index >= 15 is 0 Å². The van der Waals surface area contributed by atoms with Crippen molar-refractivity contribution in [2.24, 2.45) is 5.73 Å². The van der Waals surface area contributed by atoms with E-state index in [4.69, 9.17) is 15.2 Å². The Labute approximate surface area is 84.8 Å². The molecular weight excluding hydrogens is 178 g/mol. The van der Waals surface area contributed by atoms with Gasteiger partial charge in [0.15, 0.2) is 0 Å². The van der Waals surface area contributed by atoms with E-state index in [0.717, 1.165) is 11.1 Å². The first-order chi connectivity index (χ1) is 6.81. The van der Waals surface area contributed by atoms with E-state index in [1.54, 1.807) is 14.2 Å². The quantitative estimate of drug-likeness (QED) is 0.774. The first-order valence-electron chi connectivity index (χ1n) is 4.62. The Morgan fingerprint density at radius 3 is 2.71 bits per heavy atom. The third kappa shape index (κ3) is 2.80. The second kappa shape index (κ2) is 5.75. The molecular formula is C11H17NO2. The lowest BCUT2D eigenvalue weighted by Gasteiger charge is -2.15. The standard InChI is InChI=1S/C11H17NO2/c1-13-8-11(14-2)10-5-3-4-9(6-10)7-12/h3-6,11H,7-8,12H2,1-2H3. The minimum atomic E-state index is -0.00787. The van der Waals surface area contributed by atoms with Crippen LogP contribution in [0, 0.1) is 0 Å². The fourth-order valence-electron chi connectivity index (χ4n) is 1.37. The van der Waals surface area contributed by atoms with Crippen molar-refractivity contribution in [3.05, 3.63) is 35.4 Å². The monoisotopic (exact) mass is 195 g/mol. The molecule has 0 fully saturated rings. The van der Waals surface area contributed by atoms with Crippen LogP contribution in [-0.2, 0) is 16.0 Å². The molecule has 0 spiro atoms. The maximum absolute atomic E-state index is 5.56. The van der Waals surface area contributed by atoms with Crippen LogP contribution < -0.4 is 5.73 Å². The summed E-state index contributed by atoms with van der Waals surface area (Å²) in [5, 5.41) is 0. The highest BCUT2D eigenvalue weighted by atomic mass is 16.5. The van der Waals surface area contributed by atoms with E-state index in [-0.39, 0.29) is 6.10 Å². The number of hydrogen-bond donors (Lipinski definition) is 1. The summed E-state index contributed by atoms with van der Waals surface area (Å²) in [6.07, 6.45) is -0.00787. The predicted octanol–water partition coefficient (Wildman–Crippen LogP) is 1.48. The Morgan fingerprint density at radius 1 is 1.36 bits per heavy atom. The Bertz CT molecular complexity index is 276. The van der Waals surface area contributed by atoms with Crippen LogP contribution in [0.15, 0.2) is 24.3 Å². The van der Waals surface area contributed by atoms with Gasteiger partial charge in [-0.2, -0.15) is 0 Å². The summed E-state index contributed by atoms with van der Waals surface area (Å²) in [7, 11) is 3.34. The number of hydrogen-bond acceptors (Lipinski definition) is 3. The van der Waals surface area contributed by atoms with E-state index in [0.29, 0.717) is 13.2 Å². The molecule has 14 heavy (non-hydrogen) atoms. The largest absolute Gasteiger partial charge is 0.382 e. The molecule has 0 radical (unpaired) electrons. The van der Waals surface area contributed by atoms with Crippen molar-refractivity contribution in [3.8, 4) is 0 Å². The van der Waals surface area contributed by atoms with Crippen LogP contribution >= 0.6 is 0 Å². The predicted molar refractivity (Wildman–Crippen MR) is 56.0 cm³/mol.